The molecule has 198 valence electrons. The summed E-state index contributed by atoms with van der Waals surface area (Å²) in [5, 5.41) is 4.45. The molecule has 5 rings (SSSR count). The van der Waals surface area contributed by atoms with Gasteiger partial charge in [0.1, 0.15) is 6.61 Å². The van der Waals surface area contributed by atoms with Crippen LogP contribution in [0.4, 0.5) is 4.79 Å². The van der Waals surface area contributed by atoms with Crippen molar-refractivity contribution in [3.8, 4) is 17.4 Å². The molecule has 4 N–H and O–H groups in total. The van der Waals surface area contributed by atoms with Crippen molar-refractivity contribution >= 4 is 28.8 Å². The summed E-state index contributed by atoms with van der Waals surface area (Å²) in [7, 11) is 1.64. The van der Waals surface area contributed by atoms with E-state index in [1.165, 1.54) is 11.8 Å². The van der Waals surface area contributed by atoms with E-state index in [1.807, 2.05) is 91.0 Å². The standard InChI is InChI=1S/C31H29N3O4S/c1-36-27-15-13-23(17-28(27)37-20-21-8-4-2-5-9-21)19-33-18-22-12-14-25-26(16-22)34-30(38-31(32)35)29(25)39-24-10-6-3-7-11-24/h2-17,33-34H,18-20H2,1H3,(H2,32,35). The van der Waals surface area contributed by atoms with E-state index >= 15 is 0 Å². The van der Waals surface area contributed by atoms with Gasteiger partial charge in [0.05, 0.1) is 12.0 Å². The fourth-order valence-corrected chi connectivity index (χ4v) is 5.22. The molecule has 8 heteroatoms. The number of ether oxygens (including phenoxy) is 3. The van der Waals surface area contributed by atoms with Crippen molar-refractivity contribution in [3.05, 3.63) is 114 Å². The summed E-state index contributed by atoms with van der Waals surface area (Å²) in [6.45, 7) is 1.77. The van der Waals surface area contributed by atoms with Crippen molar-refractivity contribution in [1.29, 1.82) is 0 Å². The Morgan fingerprint density at radius 1 is 0.846 bits per heavy atom. The molecule has 0 fully saturated rings. The van der Waals surface area contributed by atoms with Gasteiger partial charge in [0, 0.05) is 28.9 Å². The maximum atomic E-state index is 11.5. The van der Waals surface area contributed by atoms with Crippen LogP contribution in [0.5, 0.6) is 17.4 Å². The summed E-state index contributed by atoms with van der Waals surface area (Å²) in [4.78, 5) is 16.6. The van der Waals surface area contributed by atoms with Gasteiger partial charge in [-0.05, 0) is 47.0 Å². The fourth-order valence-electron chi connectivity index (χ4n) is 4.21. The van der Waals surface area contributed by atoms with Crippen molar-refractivity contribution in [2.75, 3.05) is 7.11 Å². The molecule has 5 aromatic rings. The molecule has 0 aliphatic rings. The van der Waals surface area contributed by atoms with E-state index in [0.717, 1.165) is 37.4 Å². The SMILES string of the molecule is COc1ccc(CNCc2ccc3c(Sc4ccccc4)c(OC(N)=O)[nH]c3c2)cc1OCc1ccccc1. The highest BCUT2D eigenvalue weighted by atomic mass is 32.2. The number of rotatable bonds is 11. The number of hydrogen-bond donors (Lipinski definition) is 3. The van der Waals surface area contributed by atoms with Gasteiger partial charge >= 0.3 is 6.09 Å². The Morgan fingerprint density at radius 2 is 1.54 bits per heavy atom. The first-order chi connectivity index (χ1) is 19.1. The molecule has 7 nitrogen and oxygen atoms in total. The number of hydrogen-bond acceptors (Lipinski definition) is 6. The lowest BCUT2D eigenvalue weighted by atomic mass is 10.1. The third kappa shape index (κ3) is 6.73. The van der Waals surface area contributed by atoms with Gasteiger partial charge in [-0.3, -0.25) is 0 Å². The summed E-state index contributed by atoms with van der Waals surface area (Å²) < 4.78 is 16.8. The third-order valence-electron chi connectivity index (χ3n) is 6.07. The number of methoxy groups -OCH3 is 1. The third-order valence-corrected chi connectivity index (χ3v) is 7.19. The van der Waals surface area contributed by atoms with E-state index in [0.29, 0.717) is 37.1 Å². The Labute approximate surface area is 231 Å². The van der Waals surface area contributed by atoms with Gasteiger partial charge in [-0.1, -0.05) is 78.5 Å². The number of primary amides is 1. The Kier molecular flexibility index (Phi) is 8.36. The first-order valence-corrected chi connectivity index (χ1v) is 13.3. The zero-order chi connectivity index (χ0) is 27.0. The molecule has 0 saturated heterocycles. The zero-order valence-corrected chi connectivity index (χ0v) is 22.3. The minimum absolute atomic E-state index is 0.345. The van der Waals surface area contributed by atoms with Crippen LogP contribution in [0, 0.1) is 0 Å². The second-order valence-electron chi connectivity index (χ2n) is 8.86. The quantitative estimate of drug-likeness (QED) is 0.174. The molecule has 0 unspecified atom stereocenters. The minimum atomic E-state index is -0.857. The molecule has 0 saturated carbocycles. The summed E-state index contributed by atoms with van der Waals surface area (Å²) in [5.74, 6) is 1.75. The number of fused-ring (bicyclic) bond motifs is 1. The van der Waals surface area contributed by atoms with Crippen LogP contribution in [0.2, 0.25) is 0 Å². The Balaban J connectivity index is 1.27. The predicted molar refractivity (Wildman–Crippen MR) is 153 cm³/mol. The molecule has 1 amide bonds. The van der Waals surface area contributed by atoms with Gasteiger partial charge in [0.15, 0.2) is 11.5 Å². The Bertz CT molecular complexity index is 1550. The molecular weight excluding hydrogens is 510 g/mol. The molecule has 0 bridgehead atoms. The molecular formula is C31H29N3O4S. The number of carbonyl (C=O) groups is 1. The summed E-state index contributed by atoms with van der Waals surface area (Å²) in [5.41, 5.74) is 9.45. The predicted octanol–water partition coefficient (Wildman–Crippen LogP) is 6.65. The average Bonchev–Trinajstić information content (AvgIpc) is 3.28. The number of aromatic nitrogens is 1. The van der Waals surface area contributed by atoms with Crippen LogP contribution in [0.1, 0.15) is 16.7 Å². The van der Waals surface area contributed by atoms with Crippen molar-refractivity contribution in [1.82, 2.24) is 10.3 Å². The van der Waals surface area contributed by atoms with E-state index in [-0.39, 0.29) is 0 Å². The van der Waals surface area contributed by atoms with E-state index in [9.17, 15) is 4.79 Å². The number of benzene rings is 4. The van der Waals surface area contributed by atoms with Crippen molar-refractivity contribution in [2.45, 2.75) is 29.5 Å². The highest BCUT2D eigenvalue weighted by Crippen LogP contribution is 2.41. The molecule has 0 radical (unpaired) electrons. The van der Waals surface area contributed by atoms with Gasteiger partial charge in [-0.25, -0.2) is 4.79 Å². The number of carbonyl (C=O) groups excluding carboxylic acids is 1. The van der Waals surface area contributed by atoms with Crippen molar-refractivity contribution < 1.29 is 19.0 Å². The van der Waals surface area contributed by atoms with Crippen LogP contribution in [0.3, 0.4) is 0 Å². The first kappa shape index (κ1) is 26.2. The lowest BCUT2D eigenvalue weighted by molar-refractivity contribution is 0.208. The summed E-state index contributed by atoms with van der Waals surface area (Å²) in [6.07, 6.45) is -0.857. The van der Waals surface area contributed by atoms with Gasteiger partial charge in [0.25, 0.3) is 0 Å². The van der Waals surface area contributed by atoms with Crippen LogP contribution < -0.4 is 25.3 Å². The van der Waals surface area contributed by atoms with Gasteiger partial charge in [0.2, 0.25) is 5.88 Å². The molecule has 0 aliphatic carbocycles. The number of H-pyrrole nitrogens is 1. The van der Waals surface area contributed by atoms with Crippen LogP contribution in [-0.2, 0) is 19.7 Å². The maximum Gasteiger partial charge on any atom is 0.411 e. The second kappa shape index (κ2) is 12.4. The summed E-state index contributed by atoms with van der Waals surface area (Å²) >= 11 is 1.52. The van der Waals surface area contributed by atoms with E-state index < -0.39 is 6.09 Å². The van der Waals surface area contributed by atoms with E-state index in [1.54, 1.807) is 7.11 Å². The van der Waals surface area contributed by atoms with Crippen LogP contribution in [-0.4, -0.2) is 18.2 Å². The number of amides is 1. The molecule has 0 aliphatic heterocycles. The fraction of sp³-hybridized carbons (Fsp3) is 0.129. The maximum absolute atomic E-state index is 11.5. The van der Waals surface area contributed by atoms with Crippen LogP contribution in [0.25, 0.3) is 10.9 Å². The van der Waals surface area contributed by atoms with Crippen molar-refractivity contribution in [3.63, 3.8) is 0 Å². The normalized spacial score (nSPS) is 10.9. The number of aromatic amines is 1. The number of nitrogens with two attached hydrogens (primary N) is 1. The lowest BCUT2D eigenvalue weighted by Gasteiger charge is -2.13. The molecule has 1 aromatic heterocycles. The van der Waals surface area contributed by atoms with Crippen LogP contribution >= 0.6 is 11.8 Å². The second-order valence-corrected chi connectivity index (χ2v) is 9.95. The first-order valence-electron chi connectivity index (χ1n) is 12.5. The topological polar surface area (TPSA) is 98.6 Å². The molecule has 39 heavy (non-hydrogen) atoms. The molecule has 4 aromatic carbocycles. The lowest BCUT2D eigenvalue weighted by Crippen LogP contribution is -2.16. The van der Waals surface area contributed by atoms with E-state index in [2.05, 4.69) is 16.4 Å². The van der Waals surface area contributed by atoms with Gasteiger partial charge < -0.3 is 30.2 Å². The number of nitrogens with one attached hydrogen (secondary N) is 2. The van der Waals surface area contributed by atoms with Gasteiger partial charge in [-0.2, -0.15) is 0 Å². The monoisotopic (exact) mass is 539 g/mol. The molecule has 0 atom stereocenters. The molecule has 0 spiro atoms. The van der Waals surface area contributed by atoms with Gasteiger partial charge in [-0.15, -0.1) is 0 Å². The summed E-state index contributed by atoms with van der Waals surface area (Å²) in [6, 6.07) is 32.1. The highest BCUT2D eigenvalue weighted by Gasteiger charge is 2.17. The highest BCUT2D eigenvalue weighted by molar-refractivity contribution is 7.99. The smallest absolute Gasteiger partial charge is 0.411 e. The average molecular weight is 540 g/mol. The van der Waals surface area contributed by atoms with E-state index in [4.69, 9.17) is 19.9 Å². The Hall–Kier alpha value is -4.40. The van der Waals surface area contributed by atoms with Crippen molar-refractivity contribution in [2.24, 2.45) is 5.73 Å². The van der Waals surface area contributed by atoms with Crippen LogP contribution in [0.15, 0.2) is 107 Å². The Morgan fingerprint density at radius 3 is 2.26 bits per heavy atom. The largest absolute Gasteiger partial charge is 0.493 e. The zero-order valence-electron chi connectivity index (χ0n) is 21.5. The minimum Gasteiger partial charge on any atom is -0.493 e. The molecule has 1 heterocycles.